The number of rotatable bonds is 4. The van der Waals surface area contributed by atoms with Crippen LogP contribution in [0.1, 0.15) is 27.8 Å². The molecule has 1 N–H and O–H groups in total. The molecule has 0 fully saturated rings. The van der Waals surface area contributed by atoms with E-state index in [-0.39, 0.29) is 10.8 Å². The van der Waals surface area contributed by atoms with E-state index in [0.717, 1.165) is 0 Å². The third-order valence-electron chi connectivity index (χ3n) is 2.51. The average molecular weight is 306 g/mol. The van der Waals surface area contributed by atoms with E-state index >= 15 is 0 Å². The smallest absolute Gasteiger partial charge is 0.338 e. The van der Waals surface area contributed by atoms with Gasteiger partial charge in [-0.25, -0.2) is 14.8 Å². The van der Waals surface area contributed by atoms with E-state index in [1.807, 2.05) is 0 Å². The Morgan fingerprint density at radius 2 is 1.90 bits per heavy atom. The quantitative estimate of drug-likeness (QED) is 0.878. The van der Waals surface area contributed by atoms with Gasteiger partial charge in [-0.3, -0.25) is 4.79 Å². The minimum atomic E-state index is -0.414. The summed E-state index contributed by atoms with van der Waals surface area (Å²) >= 11 is 5.60. The molecule has 0 aliphatic carbocycles. The summed E-state index contributed by atoms with van der Waals surface area (Å²) in [6, 6.07) is 6.35. The molecule has 0 aliphatic heterocycles. The summed E-state index contributed by atoms with van der Waals surface area (Å²) in [5, 5.41) is 2.85. The van der Waals surface area contributed by atoms with Crippen molar-refractivity contribution in [1.82, 2.24) is 9.97 Å². The summed E-state index contributed by atoms with van der Waals surface area (Å²) in [6.07, 6.45) is 2.57. The highest BCUT2D eigenvalue weighted by Gasteiger charge is 2.10. The van der Waals surface area contributed by atoms with Gasteiger partial charge in [0.1, 0.15) is 10.8 Å². The van der Waals surface area contributed by atoms with Crippen LogP contribution in [-0.2, 0) is 4.74 Å². The fourth-order valence-electron chi connectivity index (χ4n) is 1.53. The van der Waals surface area contributed by atoms with Gasteiger partial charge in [-0.05, 0) is 31.2 Å². The molecule has 1 amide bonds. The summed E-state index contributed by atoms with van der Waals surface area (Å²) in [5.74, 6) is -0.818. The molecule has 0 saturated carbocycles. The molecular weight excluding hydrogens is 294 g/mol. The number of halogens is 1. The van der Waals surface area contributed by atoms with Gasteiger partial charge < -0.3 is 10.1 Å². The number of anilines is 1. The van der Waals surface area contributed by atoms with Crippen molar-refractivity contribution in [3.63, 3.8) is 0 Å². The highest BCUT2D eigenvalue weighted by atomic mass is 35.5. The van der Waals surface area contributed by atoms with Crippen molar-refractivity contribution in [2.24, 2.45) is 0 Å². The molecule has 0 radical (unpaired) electrons. The summed E-state index contributed by atoms with van der Waals surface area (Å²) in [6.45, 7) is 2.05. The first kappa shape index (κ1) is 14.9. The summed E-state index contributed by atoms with van der Waals surface area (Å²) in [4.78, 5) is 31.0. The fourth-order valence-corrected chi connectivity index (χ4v) is 1.63. The largest absolute Gasteiger partial charge is 0.462 e. The molecule has 1 heterocycles. The molecule has 2 rings (SSSR count). The third-order valence-corrected chi connectivity index (χ3v) is 2.70. The van der Waals surface area contributed by atoms with E-state index in [2.05, 4.69) is 15.3 Å². The van der Waals surface area contributed by atoms with Crippen LogP contribution in [0.3, 0.4) is 0 Å². The topological polar surface area (TPSA) is 81.2 Å². The van der Waals surface area contributed by atoms with Gasteiger partial charge in [0.15, 0.2) is 0 Å². The van der Waals surface area contributed by atoms with Crippen molar-refractivity contribution in [2.45, 2.75) is 6.92 Å². The van der Waals surface area contributed by atoms with Crippen molar-refractivity contribution in [3.05, 3.63) is 53.1 Å². The number of esters is 1. The van der Waals surface area contributed by atoms with Crippen LogP contribution < -0.4 is 5.32 Å². The molecule has 0 saturated heterocycles. The monoisotopic (exact) mass is 305 g/mol. The van der Waals surface area contributed by atoms with Gasteiger partial charge in [0.05, 0.1) is 24.6 Å². The van der Waals surface area contributed by atoms with Crippen LogP contribution in [-0.4, -0.2) is 28.5 Å². The molecule has 0 spiro atoms. The molecule has 1 aromatic heterocycles. The standard InChI is InChI=1S/C14H12ClN3O3/c1-2-21-14(20)9-3-5-10(6-4-9)18-13(19)11-7-17-12(15)8-16-11/h3-8H,2H2,1H3,(H,18,19). The SMILES string of the molecule is CCOC(=O)c1ccc(NC(=O)c2cnc(Cl)cn2)cc1. The van der Waals surface area contributed by atoms with Gasteiger partial charge in [-0.2, -0.15) is 0 Å². The second kappa shape index (κ2) is 6.81. The zero-order valence-corrected chi connectivity index (χ0v) is 11.9. The Hall–Kier alpha value is -2.47. The summed E-state index contributed by atoms with van der Waals surface area (Å²) in [7, 11) is 0. The lowest BCUT2D eigenvalue weighted by molar-refractivity contribution is 0.0526. The van der Waals surface area contributed by atoms with Crippen LogP contribution in [0.15, 0.2) is 36.7 Å². The minimum Gasteiger partial charge on any atom is -0.462 e. The Balaban J connectivity index is 2.04. The fraction of sp³-hybridized carbons (Fsp3) is 0.143. The number of aromatic nitrogens is 2. The van der Waals surface area contributed by atoms with Gasteiger partial charge in [0, 0.05) is 5.69 Å². The molecule has 6 nitrogen and oxygen atoms in total. The van der Waals surface area contributed by atoms with Crippen molar-refractivity contribution >= 4 is 29.2 Å². The van der Waals surface area contributed by atoms with Gasteiger partial charge in [0.25, 0.3) is 5.91 Å². The zero-order chi connectivity index (χ0) is 15.2. The van der Waals surface area contributed by atoms with Crippen molar-refractivity contribution in [1.29, 1.82) is 0 Å². The highest BCUT2D eigenvalue weighted by molar-refractivity contribution is 6.29. The first-order chi connectivity index (χ1) is 10.1. The van der Waals surface area contributed by atoms with Crippen LogP contribution in [0.25, 0.3) is 0 Å². The maximum atomic E-state index is 11.9. The molecular formula is C14H12ClN3O3. The first-order valence-corrected chi connectivity index (χ1v) is 6.54. The van der Waals surface area contributed by atoms with Crippen molar-refractivity contribution < 1.29 is 14.3 Å². The van der Waals surface area contributed by atoms with Crippen LogP contribution >= 0.6 is 11.6 Å². The lowest BCUT2D eigenvalue weighted by Crippen LogP contribution is -2.14. The van der Waals surface area contributed by atoms with E-state index in [4.69, 9.17) is 16.3 Å². The number of hydrogen-bond acceptors (Lipinski definition) is 5. The van der Waals surface area contributed by atoms with Crippen LogP contribution in [0.2, 0.25) is 5.15 Å². The second-order valence-corrected chi connectivity index (χ2v) is 4.36. The number of nitrogens with zero attached hydrogens (tertiary/aromatic N) is 2. The van der Waals surface area contributed by atoms with E-state index in [1.165, 1.54) is 12.4 Å². The van der Waals surface area contributed by atoms with Crippen molar-refractivity contribution in [2.75, 3.05) is 11.9 Å². The lowest BCUT2D eigenvalue weighted by Gasteiger charge is -2.06. The summed E-state index contributed by atoms with van der Waals surface area (Å²) in [5.41, 5.74) is 1.10. The van der Waals surface area contributed by atoms with Gasteiger partial charge in [-0.15, -0.1) is 0 Å². The van der Waals surface area contributed by atoms with E-state index in [1.54, 1.807) is 31.2 Å². The number of carbonyl (C=O) groups excluding carboxylic acids is 2. The minimum absolute atomic E-state index is 0.147. The number of amides is 1. The molecule has 108 valence electrons. The first-order valence-electron chi connectivity index (χ1n) is 6.16. The predicted octanol–water partition coefficient (Wildman–Crippen LogP) is 2.56. The van der Waals surface area contributed by atoms with Gasteiger partial charge >= 0.3 is 5.97 Å². The zero-order valence-electron chi connectivity index (χ0n) is 11.2. The van der Waals surface area contributed by atoms with Gasteiger partial charge in [-0.1, -0.05) is 11.6 Å². The Morgan fingerprint density at radius 3 is 2.48 bits per heavy atom. The number of nitrogens with one attached hydrogen (secondary N) is 1. The average Bonchev–Trinajstić information content (AvgIpc) is 2.49. The number of ether oxygens (including phenoxy) is 1. The molecule has 1 aromatic carbocycles. The second-order valence-electron chi connectivity index (χ2n) is 3.98. The molecule has 0 aliphatic rings. The van der Waals surface area contributed by atoms with E-state index in [9.17, 15) is 9.59 Å². The van der Waals surface area contributed by atoms with E-state index in [0.29, 0.717) is 17.9 Å². The van der Waals surface area contributed by atoms with Crippen LogP contribution in [0.5, 0.6) is 0 Å². The van der Waals surface area contributed by atoms with Crippen LogP contribution in [0.4, 0.5) is 5.69 Å². The molecule has 2 aromatic rings. The highest BCUT2D eigenvalue weighted by Crippen LogP contribution is 2.12. The molecule has 0 atom stereocenters. The maximum absolute atomic E-state index is 11.9. The van der Waals surface area contributed by atoms with E-state index < -0.39 is 11.9 Å². The molecule has 0 bridgehead atoms. The molecule has 0 unspecified atom stereocenters. The van der Waals surface area contributed by atoms with Gasteiger partial charge in [0.2, 0.25) is 0 Å². The number of carbonyl (C=O) groups is 2. The molecule has 7 heteroatoms. The number of hydrogen-bond donors (Lipinski definition) is 1. The lowest BCUT2D eigenvalue weighted by atomic mass is 10.2. The predicted molar refractivity (Wildman–Crippen MR) is 77.4 cm³/mol. The maximum Gasteiger partial charge on any atom is 0.338 e. The number of benzene rings is 1. The van der Waals surface area contributed by atoms with Crippen molar-refractivity contribution in [3.8, 4) is 0 Å². The Labute approximate surface area is 126 Å². The third kappa shape index (κ3) is 4.00. The Bertz CT molecular complexity index is 642. The molecule has 21 heavy (non-hydrogen) atoms. The Kier molecular flexibility index (Phi) is 4.84. The van der Waals surface area contributed by atoms with Crippen LogP contribution in [0, 0.1) is 0 Å². The normalized spacial score (nSPS) is 10.0. The Morgan fingerprint density at radius 1 is 1.19 bits per heavy atom. The summed E-state index contributed by atoms with van der Waals surface area (Å²) < 4.78 is 4.87.